The Morgan fingerprint density at radius 2 is 1.17 bits per heavy atom. The van der Waals surface area contributed by atoms with Crippen molar-refractivity contribution in [1.29, 1.82) is 5.53 Å². The zero-order chi connectivity index (χ0) is 27.8. The Hall–Kier alpha value is -4.52. The molecule has 8 heteroatoms. The van der Waals surface area contributed by atoms with Crippen LogP contribution in [0, 0.1) is 18.5 Å². The summed E-state index contributed by atoms with van der Waals surface area (Å²) in [4.78, 5) is 1.75. The van der Waals surface area contributed by atoms with Crippen LogP contribution in [0.25, 0.3) is 33.0 Å². The molecule has 0 saturated carbocycles. The van der Waals surface area contributed by atoms with Crippen LogP contribution in [0.1, 0.15) is 22.3 Å². The molecular formula is C33H26N7Na. The second-order valence-corrected chi connectivity index (χ2v) is 9.08. The van der Waals surface area contributed by atoms with Crippen LogP contribution in [-0.4, -0.2) is 20.2 Å². The van der Waals surface area contributed by atoms with Gasteiger partial charge in [0.25, 0.3) is 0 Å². The largest absolute Gasteiger partial charge is 1.00 e. The first-order chi connectivity index (χ1) is 19.7. The minimum absolute atomic E-state index is 0. The number of aryl methyl sites for hydroxylation is 1. The van der Waals surface area contributed by atoms with E-state index in [9.17, 15) is 0 Å². The third-order valence-electron chi connectivity index (χ3n) is 6.86. The number of hydrogen-bond donors (Lipinski definition) is 1. The van der Waals surface area contributed by atoms with Crippen molar-refractivity contribution < 1.29 is 29.6 Å². The van der Waals surface area contributed by atoms with Gasteiger partial charge in [0.15, 0.2) is 0 Å². The fourth-order valence-electron chi connectivity index (χ4n) is 5.23. The van der Waals surface area contributed by atoms with Crippen molar-refractivity contribution in [2.75, 3.05) is 0 Å². The van der Waals surface area contributed by atoms with Gasteiger partial charge in [0, 0.05) is 0 Å². The molecule has 1 N–H and O–H groups in total. The molecule has 0 bridgehead atoms. The van der Waals surface area contributed by atoms with Crippen molar-refractivity contribution in [2.24, 2.45) is 0 Å². The van der Waals surface area contributed by atoms with Gasteiger partial charge in [-0.3, -0.25) is 0 Å². The van der Waals surface area contributed by atoms with Gasteiger partial charge in [-0.15, -0.1) is 16.2 Å². The molecule has 194 valence electrons. The quantitative estimate of drug-likeness (QED) is 0.0812. The summed E-state index contributed by atoms with van der Waals surface area (Å²) in [7, 11) is 0. The summed E-state index contributed by atoms with van der Waals surface area (Å²) < 4.78 is 1.98. The zero-order valence-corrected chi connectivity index (χ0v) is 24.9. The minimum Gasteiger partial charge on any atom is -0.217 e. The molecule has 0 spiro atoms. The Morgan fingerprint density at radius 3 is 1.63 bits per heavy atom. The summed E-state index contributed by atoms with van der Waals surface area (Å²) >= 11 is 0. The molecule has 0 aliphatic carbocycles. The monoisotopic (exact) mass is 543 g/mol. The fourth-order valence-corrected chi connectivity index (χ4v) is 5.23. The second kappa shape index (κ2) is 13.7. The molecule has 41 heavy (non-hydrogen) atoms. The molecule has 5 aromatic carbocycles. The SMILES string of the molecule is Cc1[c-]ccc(-c2ccccc2)c1-c1nnnn1C(c1ccccc1)(c1ccccc1)c1ccccc1.[N-]=[N+]=N.[Na+]. The summed E-state index contributed by atoms with van der Waals surface area (Å²) in [6.07, 6.45) is 0. The van der Waals surface area contributed by atoms with E-state index in [0.29, 0.717) is 5.82 Å². The average Bonchev–Trinajstić information content (AvgIpc) is 3.50. The van der Waals surface area contributed by atoms with E-state index in [0.717, 1.165) is 38.9 Å². The van der Waals surface area contributed by atoms with Crippen LogP contribution < -0.4 is 29.6 Å². The molecule has 6 aromatic rings. The first kappa shape index (κ1) is 29.5. The Labute approximate surface area is 261 Å². The Morgan fingerprint density at radius 1 is 0.732 bits per heavy atom. The number of hydrogen-bond acceptors (Lipinski definition) is 4. The van der Waals surface area contributed by atoms with Crippen molar-refractivity contribution in [3.63, 3.8) is 0 Å². The Bertz CT molecular complexity index is 1620. The first-order valence-electron chi connectivity index (χ1n) is 12.7. The maximum Gasteiger partial charge on any atom is 1.00 e. The van der Waals surface area contributed by atoms with Crippen LogP contribution in [0.5, 0.6) is 0 Å². The van der Waals surface area contributed by atoms with Gasteiger partial charge < -0.3 is 0 Å². The molecule has 0 amide bonds. The van der Waals surface area contributed by atoms with Gasteiger partial charge in [-0.05, 0) is 43.1 Å². The Balaban J connectivity index is 0.000000929. The minimum atomic E-state index is -0.807. The molecule has 0 radical (unpaired) electrons. The third-order valence-corrected chi connectivity index (χ3v) is 6.86. The molecule has 6 rings (SSSR count). The first-order valence-corrected chi connectivity index (χ1v) is 12.7. The maximum atomic E-state index is 6.86. The number of nitrogens with one attached hydrogen (secondary N) is 1. The average molecular weight is 544 g/mol. The number of rotatable bonds is 6. The van der Waals surface area contributed by atoms with E-state index in [2.05, 4.69) is 126 Å². The van der Waals surface area contributed by atoms with E-state index in [-0.39, 0.29) is 29.6 Å². The van der Waals surface area contributed by atoms with Crippen molar-refractivity contribution in [3.05, 3.63) is 172 Å². The topological polar surface area (TPSA) is 104 Å². The standard InChI is InChI=1S/C33H25N4.HN3.Na/c1-25-15-14-24-30(26-16-6-2-7-17-26)31(25)32-34-35-36-37(32)33(27-18-8-3-9-19-27,28-20-10-4-11-21-28)29-22-12-5-13-23-29;1-3-2;/h2-14,16-24H,1H3;1H;/q-1;;+1. The summed E-state index contributed by atoms with van der Waals surface area (Å²) in [6, 6.07) is 49.2. The molecule has 1 aromatic heterocycles. The molecule has 0 fully saturated rings. The molecule has 0 atom stereocenters. The summed E-state index contributed by atoms with van der Waals surface area (Å²) in [5.74, 6) is 0.685. The number of tetrazole rings is 1. The smallest absolute Gasteiger partial charge is 0.217 e. The van der Waals surface area contributed by atoms with Crippen LogP contribution in [0.4, 0.5) is 0 Å². The van der Waals surface area contributed by atoms with E-state index < -0.39 is 5.54 Å². The van der Waals surface area contributed by atoms with E-state index >= 15 is 0 Å². The number of nitrogens with zero attached hydrogens (tertiary/aromatic N) is 6. The van der Waals surface area contributed by atoms with Crippen LogP contribution in [0.3, 0.4) is 0 Å². The van der Waals surface area contributed by atoms with Gasteiger partial charge >= 0.3 is 29.6 Å². The third kappa shape index (κ3) is 5.71. The van der Waals surface area contributed by atoms with Gasteiger partial charge in [0.2, 0.25) is 0 Å². The van der Waals surface area contributed by atoms with E-state index in [1.807, 2.05) is 35.0 Å². The van der Waals surface area contributed by atoms with Gasteiger partial charge in [-0.25, -0.2) is 4.68 Å². The normalized spacial score (nSPS) is 10.5. The van der Waals surface area contributed by atoms with Gasteiger partial charge in [0.05, 0.1) is 0 Å². The number of benzene rings is 5. The van der Waals surface area contributed by atoms with Crippen LogP contribution in [0.2, 0.25) is 0 Å². The van der Waals surface area contributed by atoms with Crippen molar-refractivity contribution in [3.8, 4) is 22.5 Å². The predicted octanol–water partition coefficient (Wildman–Crippen LogP) is 4.84. The molecule has 0 saturated heterocycles. The van der Waals surface area contributed by atoms with E-state index in [1.54, 1.807) is 4.91 Å². The fraction of sp³-hybridized carbons (Fsp3) is 0.0606. The molecule has 0 aliphatic heterocycles. The second-order valence-electron chi connectivity index (χ2n) is 9.08. The van der Waals surface area contributed by atoms with Crippen LogP contribution in [-0.2, 0) is 5.54 Å². The van der Waals surface area contributed by atoms with Gasteiger partial charge in [-0.2, -0.15) is 23.8 Å². The molecular weight excluding hydrogens is 517 g/mol. The zero-order valence-electron chi connectivity index (χ0n) is 22.9. The molecule has 1 heterocycles. The number of aromatic nitrogens is 4. The van der Waals surface area contributed by atoms with Crippen molar-refractivity contribution in [2.45, 2.75) is 12.5 Å². The predicted molar refractivity (Wildman–Crippen MR) is 156 cm³/mol. The van der Waals surface area contributed by atoms with Crippen LogP contribution >= 0.6 is 0 Å². The molecule has 0 aliphatic rings. The van der Waals surface area contributed by atoms with E-state index in [4.69, 9.17) is 16.3 Å². The van der Waals surface area contributed by atoms with Crippen LogP contribution in [0.15, 0.2) is 133 Å². The van der Waals surface area contributed by atoms with E-state index in [1.165, 1.54) is 0 Å². The summed E-state index contributed by atoms with van der Waals surface area (Å²) in [5, 5.41) is 13.6. The summed E-state index contributed by atoms with van der Waals surface area (Å²) in [6.45, 7) is 2.07. The van der Waals surface area contributed by atoms with Crippen molar-refractivity contribution in [1.82, 2.24) is 20.2 Å². The maximum absolute atomic E-state index is 6.86. The molecule has 7 nitrogen and oxygen atoms in total. The van der Waals surface area contributed by atoms with Gasteiger partial charge in [0.1, 0.15) is 11.4 Å². The summed E-state index contributed by atoms with van der Waals surface area (Å²) in [5.41, 5.74) is 18.8. The van der Waals surface area contributed by atoms with Crippen molar-refractivity contribution >= 4 is 0 Å². The Kier molecular flexibility index (Phi) is 9.85. The molecule has 0 unspecified atom stereocenters. The van der Waals surface area contributed by atoms with Gasteiger partial charge in [-0.1, -0.05) is 134 Å².